The van der Waals surface area contributed by atoms with Crippen LogP contribution in [0.4, 0.5) is 10.5 Å². The zero-order valence-electron chi connectivity index (χ0n) is 17.3. The molecular weight excluding hydrogens is 398 g/mol. The highest BCUT2D eigenvalue weighted by Gasteiger charge is 2.47. The van der Waals surface area contributed by atoms with Gasteiger partial charge in [0.05, 0.1) is 13.2 Å². The van der Waals surface area contributed by atoms with E-state index in [0.29, 0.717) is 43.2 Å². The van der Waals surface area contributed by atoms with Crippen LogP contribution in [0.25, 0.3) is 0 Å². The number of nitrogens with zero attached hydrogens (tertiary/aromatic N) is 1. The van der Waals surface area contributed by atoms with E-state index in [9.17, 15) is 14.4 Å². The summed E-state index contributed by atoms with van der Waals surface area (Å²) in [6.45, 7) is 2.44. The number of benzene rings is 2. The van der Waals surface area contributed by atoms with Gasteiger partial charge >= 0.3 is 6.03 Å². The Labute approximate surface area is 180 Å². The number of carbonyl (C=O) groups excluding carboxylic acids is 3. The molecule has 2 aliphatic rings. The van der Waals surface area contributed by atoms with Crippen molar-refractivity contribution >= 4 is 23.5 Å². The zero-order chi connectivity index (χ0) is 21.8. The molecule has 2 aromatic rings. The maximum atomic E-state index is 12.9. The first-order valence-electron chi connectivity index (χ1n) is 10.3. The molecule has 162 valence electrons. The minimum Gasteiger partial charge on any atom is -0.490 e. The standard InChI is InChI=1S/C23H25N3O5/c1-23(11-10-16-6-3-2-4-7-16)21(28)26(22(29)25-23)15-20(27)24-17-8-9-18-19(14-17)31-13-5-12-30-18/h2-4,6-9,14H,5,10-13,15H2,1H3,(H,24,27)(H,25,29)/t23-/m1/s1. The molecule has 1 atom stereocenters. The summed E-state index contributed by atoms with van der Waals surface area (Å²) in [6, 6.07) is 14.3. The van der Waals surface area contributed by atoms with Crippen molar-refractivity contribution in [3.05, 3.63) is 54.1 Å². The summed E-state index contributed by atoms with van der Waals surface area (Å²) in [5.41, 5.74) is 0.548. The highest BCUT2D eigenvalue weighted by Crippen LogP contribution is 2.32. The average molecular weight is 423 g/mol. The Morgan fingerprint density at radius 3 is 2.61 bits per heavy atom. The van der Waals surface area contributed by atoms with Gasteiger partial charge in [-0.1, -0.05) is 30.3 Å². The molecule has 8 nitrogen and oxygen atoms in total. The maximum absolute atomic E-state index is 12.9. The van der Waals surface area contributed by atoms with Crippen LogP contribution in [0.1, 0.15) is 25.3 Å². The van der Waals surface area contributed by atoms with Crippen LogP contribution in [0.5, 0.6) is 11.5 Å². The number of nitrogens with one attached hydrogen (secondary N) is 2. The number of rotatable bonds is 6. The Morgan fingerprint density at radius 1 is 1.10 bits per heavy atom. The molecule has 0 saturated carbocycles. The number of hydrogen-bond acceptors (Lipinski definition) is 5. The SMILES string of the molecule is C[C@]1(CCc2ccccc2)NC(=O)N(CC(=O)Nc2ccc3c(c2)OCCCO3)C1=O. The molecule has 2 aliphatic heterocycles. The van der Waals surface area contributed by atoms with E-state index in [1.54, 1.807) is 25.1 Å². The third kappa shape index (κ3) is 4.63. The average Bonchev–Trinajstić information content (AvgIpc) is 2.93. The summed E-state index contributed by atoms with van der Waals surface area (Å²) in [5.74, 6) is 0.310. The fourth-order valence-electron chi connectivity index (χ4n) is 3.68. The fraction of sp³-hybridized carbons (Fsp3) is 0.348. The molecular formula is C23H25N3O5. The Bertz CT molecular complexity index is 994. The smallest absolute Gasteiger partial charge is 0.325 e. The van der Waals surface area contributed by atoms with Crippen LogP contribution in [-0.4, -0.2) is 48.0 Å². The molecule has 4 rings (SSSR count). The molecule has 0 spiro atoms. The van der Waals surface area contributed by atoms with Crippen molar-refractivity contribution in [3.8, 4) is 11.5 Å². The molecule has 2 aromatic carbocycles. The summed E-state index contributed by atoms with van der Waals surface area (Å²) in [5, 5.41) is 5.46. The van der Waals surface area contributed by atoms with Crippen molar-refractivity contribution in [2.24, 2.45) is 0 Å². The summed E-state index contributed by atoms with van der Waals surface area (Å²) in [7, 11) is 0. The lowest BCUT2D eigenvalue weighted by molar-refractivity contribution is -0.133. The molecule has 2 heterocycles. The minimum absolute atomic E-state index is 0.361. The van der Waals surface area contributed by atoms with Gasteiger partial charge in [0.25, 0.3) is 5.91 Å². The number of urea groups is 1. The summed E-state index contributed by atoms with van der Waals surface area (Å²) in [6.07, 6.45) is 1.87. The van der Waals surface area contributed by atoms with Gasteiger partial charge in [-0.3, -0.25) is 14.5 Å². The molecule has 0 aromatic heterocycles. The third-order valence-electron chi connectivity index (χ3n) is 5.43. The Balaban J connectivity index is 1.37. The third-order valence-corrected chi connectivity index (χ3v) is 5.43. The lowest BCUT2D eigenvalue weighted by atomic mass is 9.93. The monoisotopic (exact) mass is 423 g/mol. The second kappa shape index (κ2) is 8.67. The quantitative estimate of drug-likeness (QED) is 0.697. The highest BCUT2D eigenvalue weighted by atomic mass is 16.5. The molecule has 0 radical (unpaired) electrons. The molecule has 0 bridgehead atoms. The number of aryl methyl sites for hydroxylation is 1. The molecule has 1 fully saturated rings. The van der Waals surface area contributed by atoms with Crippen LogP contribution in [0.3, 0.4) is 0 Å². The van der Waals surface area contributed by atoms with E-state index in [2.05, 4.69) is 10.6 Å². The van der Waals surface area contributed by atoms with Crippen molar-refractivity contribution in [1.82, 2.24) is 10.2 Å². The van der Waals surface area contributed by atoms with E-state index in [0.717, 1.165) is 16.9 Å². The zero-order valence-corrected chi connectivity index (χ0v) is 17.3. The van der Waals surface area contributed by atoms with Crippen LogP contribution < -0.4 is 20.1 Å². The van der Waals surface area contributed by atoms with Crippen LogP contribution >= 0.6 is 0 Å². The van der Waals surface area contributed by atoms with Crippen molar-refractivity contribution in [1.29, 1.82) is 0 Å². The molecule has 0 unspecified atom stereocenters. The van der Waals surface area contributed by atoms with Gasteiger partial charge in [-0.25, -0.2) is 4.79 Å². The minimum atomic E-state index is -1.04. The normalized spacial score (nSPS) is 20.2. The van der Waals surface area contributed by atoms with Crippen LogP contribution in [-0.2, 0) is 16.0 Å². The van der Waals surface area contributed by atoms with E-state index in [1.165, 1.54) is 0 Å². The van der Waals surface area contributed by atoms with Gasteiger partial charge in [0.2, 0.25) is 5.91 Å². The first-order chi connectivity index (χ1) is 14.9. The van der Waals surface area contributed by atoms with Crippen LogP contribution in [0.2, 0.25) is 0 Å². The molecule has 0 aliphatic carbocycles. The van der Waals surface area contributed by atoms with E-state index in [4.69, 9.17) is 9.47 Å². The molecule has 8 heteroatoms. The Hall–Kier alpha value is -3.55. The molecule has 31 heavy (non-hydrogen) atoms. The van der Waals surface area contributed by atoms with Crippen molar-refractivity contribution in [2.75, 3.05) is 25.1 Å². The van der Waals surface area contributed by atoms with Crippen LogP contribution in [0, 0.1) is 0 Å². The van der Waals surface area contributed by atoms with Crippen LogP contribution in [0.15, 0.2) is 48.5 Å². The second-order valence-corrected chi connectivity index (χ2v) is 7.90. The van der Waals surface area contributed by atoms with E-state index >= 15 is 0 Å². The molecule has 4 amide bonds. The summed E-state index contributed by atoms with van der Waals surface area (Å²) >= 11 is 0. The lowest BCUT2D eigenvalue weighted by Crippen LogP contribution is -2.45. The van der Waals surface area contributed by atoms with Gasteiger partial charge in [0, 0.05) is 18.2 Å². The number of hydrogen-bond donors (Lipinski definition) is 2. The first kappa shape index (κ1) is 20.7. The largest absolute Gasteiger partial charge is 0.490 e. The van der Waals surface area contributed by atoms with E-state index in [-0.39, 0.29) is 6.54 Å². The summed E-state index contributed by atoms with van der Waals surface area (Å²) in [4.78, 5) is 38.8. The van der Waals surface area contributed by atoms with Gasteiger partial charge in [0.1, 0.15) is 12.1 Å². The summed E-state index contributed by atoms with van der Waals surface area (Å²) < 4.78 is 11.2. The van der Waals surface area contributed by atoms with Gasteiger partial charge in [0.15, 0.2) is 11.5 Å². The lowest BCUT2D eigenvalue weighted by Gasteiger charge is -2.21. The predicted molar refractivity (Wildman–Crippen MR) is 114 cm³/mol. The fourth-order valence-corrected chi connectivity index (χ4v) is 3.68. The maximum Gasteiger partial charge on any atom is 0.325 e. The number of fused-ring (bicyclic) bond motifs is 1. The predicted octanol–water partition coefficient (Wildman–Crippen LogP) is 2.73. The van der Waals surface area contributed by atoms with Gasteiger partial charge in [-0.2, -0.15) is 0 Å². The van der Waals surface area contributed by atoms with Gasteiger partial charge in [-0.05, 0) is 37.5 Å². The highest BCUT2D eigenvalue weighted by molar-refractivity contribution is 6.09. The number of anilines is 1. The second-order valence-electron chi connectivity index (χ2n) is 7.90. The van der Waals surface area contributed by atoms with E-state index in [1.807, 2.05) is 30.3 Å². The number of ether oxygens (including phenoxy) is 2. The number of amides is 4. The van der Waals surface area contributed by atoms with Crippen molar-refractivity contribution in [3.63, 3.8) is 0 Å². The Kier molecular flexibility index (Phi) is 5.79. The first-order valence-corrected chi connectivity index (χ1v) is 10.3. The van der Waals surface area contributed by atoms with Gasteiger partial charge < -0.3 is 20.1 Å². The molecule has 1 saturated heterocycles. The molecule has 2 N–H and O–H groups in total. The Morgan fingerprint density at radius 2 is 1.84 bits per heavy atom. The number of carbonyl (C=O) groups is 3. The topological polar surface area (TPSA) is 97.0 Å². The number of imide groups is 1. The van der Waals surface area contributed by atoms with Crippen molar-refractivity contribution < 1.29 is 23.9 Å². The van der Waals surface area contributed by atoms with Gasteiger partial charge in [-0.15, -0.1) is 0 Å². The van der Waals surface area contributed by atoms with E-state index < -0.39 is 23.4 Å². The van der Waals surface area contributed by atoms with Crippen molar-refractivity contribution in [2.45, 2.75) is 31.7 Å².